The molecular formula is C56H59N. The molecule has 1 heteroatoms. The highest BCUT2D eigenvalue weighted by Gasteiger charge is 2.40. The van der Waals surface area contributed by atoms with Gasteiger partial charge in [-0.05, 0) is 166 Å². The molecule has 5 aliphatic carbocycles. The minimum atomic E-state index is -0.121. The Bertz CT molecular complexity index is 2420. The van der Waals surface area contributed by atoms with Crippen molar-refractivity contribution >= 4 is 27.8 Å². The third kappa shape index (κ3) is 6.27. The Morgan fingerprint density at radius 1 is 0.491 bits per heavy atom. The Kier molecular flexibility index (Phi) is 8.94. The molecule has 0 saturated heterocycles. The molecule has 0 spiro atoms. The van der Waals surface area contributed by atoms with Crippen molar-refractivity contribution in [2.24, 2.45) is 11.8 Å². The largest absolute Gasteiger partial charge is 0.310 e. The van der Waals surface area contributed by atoms with Gasteiger partial charge in [0.05, 0.1) is 5.69 Å². The predicted octanol–water partition coefficient (Wildman–Crippen LogP) is 16.3. The van der Waals surface area contributed by atoms with Gasteiger partial charge >= 0.3 is 0 Å². The molecule has 0 amide bonds. The van der Waals surface area contributed by atoms with Crippen LogP contribution in [0.5, 0.6) is 0 Å². The molecular weight excluding hydrogens is 687 g/mol. The Morgan fingerprint density at radius 2 is 1.12 bits per heavy atom. The van der Waals surface area contributed by atoms with E-state index in [1.54, 1.807) is 5.56 Å². The summed E-state index contributed by atoms with van der Waals surface area (Å²) in [6, 6.07) is 48.3. The summed E-state index contributed by atoms with van der Waals surface area (Å²) >= 11 is 0. The molecule has 1 nitrogen and oxygen atoms in total. The highest BCUT2D eigenvalue weighted by atomic mass is 15.1. The third-order valence-electron chi connectivity index (χ3n) is 15.8. The van der Waals surface area contributed by atoms with Crippen molar-refractivity contribution < 1.29 is 0 Å². The van der Waals surface area contributed by atoms with Crippen LogP contribution in [0.1, 0.15) is 149 Å². The summed E-state index contributed by atoms with van der Waals surface area (Å²) in [6.07, 6.45) is 19.3. The number of rotatable bonds is 7. The van der Waals surface area contributed by atoms with E-state index in [4.69, 9.17) is 0 Å². The van der Waals surface area contributed by atoms with E-state index in [1.165, 1.54) is 162 Å². The summed E-state index contributed by atoms with van der Waals surface area (Å²) in [5.74, 6) is 4.01. The maximum absolute atomic E-state index is 2.56. The van der Waals surface area contributed by atoms with Gasteiger partial charge in [-0.1, -0.05) is 144 Å². The van der Waals surface area contributed by atoms with Gasteiger partial charge in [-0.3, -0.25) is 0 Å². The summed E-state index contributed by atoms with van der Waals surface area (Å²) in [5.41, 5.74) is 16.5. The zero-order chi connectivity index (χ0) is 38.1. The van der Waals surface area contributed by atoms with Crippen molar-refractivity contribution in [3.8, 4) is 22.3 Å². The van der Waals surface area contributed by atoms with E-state index in [1.807, 2.05) is 0 Å². The highest BCUT2D eigenvalue weighted by molar-refractivity contribution is 6.00. The van der Waals surface area contributed by atoms with Crippen molar-refractivity contribution in [3.63, 3.8) is 0 Å². The fraction of sp³-hybridized carbons (Fsp3) is 0.393. The van der Waals surface area contributed by atoms with E-state index < -0.39 is 0 Å². The predicted molar refractivity (Wildman–Crippen MR) is 241 cm³/mol. The first-order valence-electron chi connectivity index (χ1n) is 22.8. The zero-order valence-corrected chi connectivity index (χ0v) is 34.3. The van der Waals surface area contributed by atoms with Gasteiger partial charge < -0.3 is 4.90 Å². The van der Waals surface area contributed by atoms with Crippen LogP contribution in [-0.2, 0) is 5.41 Å². The van der Waals surface area contributed by atoms with E-state index in [9.17, 15) is 0 Å². The minimum absolute atomic E-state index is 0.121. The Balaban J connectivity index is 0.968. The quantitative estimate of drug-likeness (QED) is 0.157. The first kappa shape index (κ1) is 35.5. The van der Waals surface area contributed by atoms with Gasteiger partial charge in [-0.15, -0.1) is 0 Å². The molecule has 0 radical (unpaired) electrons. The third-order valence-corrected chi connectivity index (χ3v) is 15.8. The second-order valence-corrected chi connectivity index (χ2v) is 19.4. The first-order chi connectivity index (χ1) is 28.0. The molecule has 2 bridgehead atoms. The highest BCUT2D eigenvalue weighted by Crippen LogP contribution is 2.54. The molecule has 0 N–H and O–H groups in total. The lowest BCUT2D eigenvalue weighted by Gasteiger charge is -2.30. The van der Waals surface area contributed by atoms with Gasteiger partial charge in [-0.2, -0.15) is 0 Å². The topological polar surface area (TPSA) is 3.24 Å². The van der Waals surface area contributed by atoms with Gasteiger partial charge in [0.25, 0.3) is 0 Å². The smallest absolute Gasteiger partial charge is 0.0540 e. The van der Waals surface area contributed by atoms with Crippen LogP contribution in [-0.4, -0.2) is 0 Å². The van der Waals surface area contributed by atoms with Crippen molar-refractivity contribution in [1.29, 1.82) is 0 Å². The molecule has 57 heavy (non-hydrogen) atoms. The second-order valence-electron chi connectivity index (χ2n) is 19.4. The average molecular weight is 746 g/mol. The molecule has 0 aromatic heterocycles. The number of anilines is 3. The van der Waals surface area contributed by atoms with Crippen molar-refractivity contribution in [2.75, 3.05) is 4.90 Å². The first-order valence-corrected chi connectivity index (χ1v) is 22.8. The summed E-state index contributed by atoms with van der Waals surface area (Å²) in [4.78, 5) is 2.56. The molecule has 4 fully saturated rings. The number of fused-ring (bicyclic) bond motifs is 6. The number of nitrogens with zero attached hydrogens (tertiary/aromatic N) is 1. The van der Waals surface area contributed by atoms with Crippen LogP contribution in [0.3, 0.4) is 0 Å². The molecule has 3 atom stereocenters. The summed E-state index contributed by atoms with van der Waals surface area (Å²) in [7, 11) is 0. The molecule has 4 saturated carbocycles. The van der Waals surface area contributed by atoms with Crippen LogP contribution in [0.2, 0.25) is 0 Å². The standard InChI is InChI=1S/C56H59N/c1-56(2)53-35-44(41-20-18-40(19-21-41)38-10-5-3-6-11-38)25-30-50(53)51-31-28-48(36-54(51)56)57(47-26-22-42(23-27-47)52-33-37-16-17-46(52)32-37)55-15-9-14-45-34-43(24-29-49(45)55)39-12-7-4-8-13-39/h9,14-15,18-31,34-39,46,52H,3-8,10-13,16-17,32-33H2,1-2H3. The molecule has 6 aromatic carbocycles. The van der Waals surface area contributed by atoms with Crippen LogP contribution in [0, 0.1) is 11.8 Å². The van der Waals surface area contributed by atoms with Crippen molar-refractivity contribution in [2.45, 2.75) is 127 Å². The van der Waals surface area contributed by atoms with Gasteiger partial charge in [0.2, 0.25) is 0 Å². The lowest BCUT2D eigenvalue weighted by atomic mass is 9.81. The van der Waals surface area contributed by atoms with Crippen molar-refractivity contribution in [3.05, 3.63) is 149 Å². The second kappa shape index (κ2) is 14.3. The van der Waals surface area contributed by atoms with Crippen LogP contribution in [0.15, 0.2) is 121 Å². The molecule has 3 unspecified atom stereocenters. The molecule has 11 rings (SSSR count). The summed E-state index contributed by atoms with van der Waals surface area (Å²) in [5, 5.41) is 2.68. The van der Waals surface area contributed by atoms with Crippen LogP contribution < -0.4 is 4.90 Å². The lowest BCUT2D eigenvalue weighted by Crippen LogP contribution is -2.17. The Morgan fingerprint density at radius 3 is 1.82 bits per heavy atom. The Hall–Kier alpha value is -4.62. The van der Waals surface area contributed by atoms with Gasteiger partial charge in [0.15, 0.2) is 0 Å². The normalized spacial score (nSPS) is 22.8. The Labute approximate surface area is 341 Å². The monoisotopic (exact) mass is 745 g/mol. The molecule has 288 valence electrons. The van der Waals surface area contributed by atoms with E-state index >= 15 is 0 Å². The van der Waals surface area contributed by atoms with E-state index in [-0.39, 0.29) is 5.41 Å². The molecule has 0 aliphatic heterocycles. The maximum atomic E-state index is 2.56. The van der Waals surface area contributed by atoms with E-state index in [0.29, 0.717) is 5.92 Å². The van der Waals surface area contributed by atoms with Crippen LogP contribution in [0.4, 0.5) is 17.1 Å². The van der Waals surface area contributed by atoms with Crippen LogP contribution >= 0.6 is 0 Å². The molecule has 6 aromatic rings. The summed E-state index contributed by atoms with van der Waals surface area (Å²) < 4.78 is 0. The van der Waals surface area contributed by atoms with E-state index in [2.05, 4.69) is 140 Å². The van der Waals surface area contributed by atoms with Crippen molar-refractivity contribution in [1.82, 2.24) is 0 Å². The van der Waals surface area contributed by atoms with Crippen LogP contribution in [0.25, 0.3) is 33.0 Å². The SMILES string of the molecule is CC1(C)c2cc(-c3ccc(C4CCCCC4)cc3)ccc2-c2ccc(N(c3ccc(C4CC5CCC4C5)cc3)c3cccc4cc(C5CCCCC5)ccc34)cc21. The molecule has 0 heterocycles. The summed E-state index contributed by atoms with van der Waals surface area (Å²) in [6.45, 7) is 4.88. The number of benzene rings is 6. The van der Waals surface area contributed by atoms with E-state index in [0.717, 1.165) is 23.7 Å². The van der Waals surface area contributed by atoms with Gasteiger partial charge in [-0.25, -0.2) is 0 Å². The maximum Gasteiger partial charge on any atom is 0.0540 e. The minimum Gasteiger partial charge on any atom is -0.310 e. The zero-order valence-electron chi connectivity index (χ0n) is 34.3. The molecule has 5 aliphatic rings. The number of hydrogen-bond acceptors (Lipinski definition) is 1. The fourth-order valence-corrected chi connectivity index (χ4v) is 12.5. The average Bonchev–Trinajstić information content (AvgIpc) is 3.97. The fourth-order valence-electron chi connectivity index (χ4n) is 12.5. The number of hydrogen-bond donors (Lipinski definition) is 0. The lowest BCUT2D eigenvalue weighted by molar-refractivity contribution is 0.420. The van der Waals surface area contributed by atoms with Gasteiger partial charge in [0, 0.05) is 22.2 Å². The van der Waals surface area contributed by atoms with Gasteiger partial charge in [0.1, 0.15) is 0 Å².